The molecule has 0 aliphatic heterocycles. The van der Waals surface area contributed by atoms with E-state index in [0.717, 1.165) is 11.3 Å². The van der Waals surface area contributed by atoms with E-state index in [1.54, 1.807) is 24.3 Å². The third-order valence-corrected chi connectivity index (χ3v) is 4.28. The SMILES string of the molecule is OC(c1cc2cccc(F)c2o1)c1cc(Cl)sc1Cl. The molecule has 1 N–H and O–H groups in total. The molecule has 0 aliphatic rings. The maximum atomic E-state index is 13.5. The fourth-order valence-corrected chi connectivity index (χ4v) is 3.40. The van der Waals surface area contributed by atoms with E-state index in [9.17, 15) is 9.50 Å². The van der Waals surface area contributed by atoms with Crippen LogP contribution in [0.15, 0.2) is 34.7 Å². The average Bonchev–Trinajstić information content (AvgIpc) is 2.93. The minimum atomic E-state index is -1.07. The van der Waals surface area contributed by atoms with Gasteiger partial charge in [0.25, 0.3) is 0 Å². The summed E-state index contributed by atoms with van der Waals surface area (Å²) in [5.41, 5.74) is 0.574. The summed E-state index contributed by atoms with van der Waals surface area (Å²) in [6, 6.07) is 7.75. The molecule has 98 valence electrons. The first-order valence-electron chi connectivity index (χ1n) is 5.37. The lowest BCUT2D eigenvalue weighted by Gasteiger charge is -2.05. The maximum Gasteiger partial charge on any atom is 0.170 e. The molecule has 0 saturated heterocycles. The molecule has 1 atom stereocenters. The molecule has 2 aromatic heterocycles. The van der Waals surface area contributed by atoms with E-state index in [1.807, 2.05) is 0 Å². The van der Waals surface area contributed by atoms with E-state index in [1.165, 1.54) is 6.07 Å². The first kappa shape index (κ1) is 12.9. The van der Waals surface area contributed by atoms with Crippen molar-refractivity contribution in [3.05, 3.63) is 56.1 Å². The van der Waals surface area contributed by atoms with E-state index >= 15 is 0 Å². The molecule has 1 aromatic carbocycles. The van der Waals surface area contributed by atoms with Crippen molar-refractivity contribution in [1.82, 2.24) is 0 Å². The van der Waals surface area contributed by atoms with Crippen molar-refractivity contribution in [1.29, 1.82) is 0 Å². The van der Waals surface area contributed by atoms with Gasteiger partial charge in [-0.25, -0.2) is 4.39 Å². The maximum absolute atomic E-state index is 13.5. The molecule has 3 aromatic rings. The Morgan fingerprint density at radius 3 is 2.68 bits per heavy atom. The number of hydrogen-bond donors (Lipinski definition) is 1. The number of fused-ring (bicyclic) bond motifs is 1. The Bertz CT molecular complexity index is 750. The molecular formula is C13H7Cl2FO2S. The molecule has 19 heavy (non-hydrogen) atoms. The topological polar surface area (TPSA) is 33.4 Å². The van der Waals surface area contributed by atoms with Crippen LogP contribution in [0.25, 0.3) is 11.0 Å². The Balaban J connectivity index is 2.09. The van der Waals surface area contributed by atoms with E-state index in [4.69, 9.17) is 27.6 Å². The predicted octanol–water partition coefficient (Wildman–Crippen LogP) is 5.02. The number of benzene rings is 1. The van der Waals surface area contributed by atoms with Crippen LogP contribution in [-0.4, -0.2) is 5.11 Å². The van der Waals surface area contributed by atoms with Gasteiger partial charge < -0.3 is 9.52 Å². The van der Waals surface area contributed by atoms with E-state index in [-0.39, 0.29) is 11.3 Å². The quantitative estimate of drug-likeness (QED) is 0.720. The Morgan fingerprint density at radius 2 is 2.05 bits per heavy atom. The first-order chi connectivity index (χ1) is 9.06. The van der Waals surface area contributed by atoms with Gasteiger partial charge in [0.1, 0.15) is 16.2 Å². The number of rotatable bonds is 2. The van der Waals surface area contributed by atoms with Crippen LogP contribution in [0, 0.1) is 5.82 Å². The van der Waals surface area contributed by atoms with Crippen LogP contribution in [0.4, 0.5) is 4.39 Å². The number of hydrogen-bond acceptors (Lipinski definition) is 3. The molecule has 0 aliphatic carbocycles. The van der Waals surface area contributed by atoms with Crippen LogP contribution >= 0.6 is 34.5 Å². The number of aliphatic hydroxyl groups is 1. The summed E-state index contributed by atoms with van der Waals surface area (Å²) in [6.07, 6.45) is -1.07. The van der Waals surface area contributed by atoms with Gasteiger partial charge in [0, 0.05) is 10.9 Å². The van der Waals surface area contributed by atoms with Crippen LogP contribution in [0.5, 0.6) is 0 Å². The minimum Gasteiger partial charge on any atom is -0.455 e. The lowest BCUT2D eigenvalue weighted by Crippen LogP contribution is -1.96. The monoisotopic (exact) mass is 316 g/mol. The fourth-order valence-electron chi connectivity index (χ4n) is 1.87. The zero-order valence-corrected chi connectivity index (χ0v) is 11.7. The Hall–Kier alpha value is -1.07. The lowest BCUT2D eigenvalue weighted by atomic mass is 10.1. The number of halogens is 3. The normalized spacial score (nSPS) is 13.1. The number of furan rings is 1. The minimum absolute atomic E-state index is 0.119. The fraction of sp³-hybridized carbons (Fsp3) is 0.0769. The molecule has 3 rings (SSSR count). The smallest absolute Gasteiger partial charge is 0.170 e. The van der Waals surface area contributed by atoms with Gasteiger partial charge in [0.2, 0.25) is 0 Å². The summed E-state index contributed by atoms with van der Waals surface area (Å²) in [5.74, 6) is -0.234. The molecule has 0 spiro atoms. The molecule has 2 heterocycles. The van der Waals surface area contributed by atoms with Crippen molar-refractivity contribution in [2.75, 3.05) is 0 Å². The molecule has 6 heteroatoms. The number of para-hydroxylation sites is 1. The first-order valence-corrected chi connectivity index (χ1v) is 6.94. The van der Waals surface area contributed by atoms with Gasteiger partial charge in [0.05, 0.1) is 4.34 Å². The highest BCUT2D eigenvalue weighted by atomic mass is 35.5. The standard InChI is InChI=1S/C13H7Cl2FO2S/c14-10-5-7(13(15)19-10)11(17)9-4-6-2-1-3-8(16)12(6)18-9/h1-5,11,17H. The van der Waals surface area contributed by atoms with Crippen LogP contribution in [0.3, 0.4) is 0 Å². The van der Waals surface area contributed by atoms with Crippen molar-refractivity contribution in [3.8, 4) is 0 Å². The number of thiophene rings is 1. The van der Waals surface area contributed by atoms with Gasteiger partial charge in [-0.3, -0.25) is 0 Å². The van der Waals surface area contributed by atoms with E-state index in [2.05, 4.69) is 0 Å². The third kappa shape index (κ3) is 2.25. The van der Waals surface area contributed by atoms with E-state index < -0.39 is 11.9 Å². The second-order valence-electron chi connectivity index (χ2n) is 3.99. The summed E-state index contributed by atoms with van der Waals surface area (Å²) in [7, 11) is 0. The summed E-state index contributed by atoms with van der Waals surface area (Å²) in [4.78, 5) is 0. The van der Waals surface area contributed by atoms with Crippen molar-refractivity contribution in [3.63, 3.8) is 0 Å². The van der Waals surface area contributed by atoms with Gasteiger partial charge in [-0.1, -0.05) is 35.3 Å². The van der Waals surface area contributed by atoms with Crippen molar-refractivity contribution in [2.45, 2.75) is 6.10 Å². The molecular weight excluding hydrogens is 310 g/mol. The Kier molecular flexibility index (Phi) is 3.27. The summed E-state index contributed by atoms with van der Waals surface area (Å²) in [6.45, 7) is 0. The zero-order chi connectivity index (χ0) is 13.6. The highest BCUT2D eigenvalue weighted by molar-refractivity contribution is 7.20. The second kappa shape index (κ2) is 4.80. The Morgan fingerprint density at radius 1 is 1.26 bits per heavy atom. The molecule has 0 amide bonds. The third-order valence-electron chi connectivity index (χ3n) is 2.76. The largest absolute Gasteiger partial charge is 0.455 e. The molecule has 0 radical (unpaired) electrons. The van der Waals surface area contributed by atoms with Crippen LogP contribution < -0.4 is 0 Å². The van der Waals surface area contributed by atoms with Gasteiger partial charge in [0.15, 0.2) is 11.4 Å². The second-order valence-corrected chi connectivity index (χ2v) is 6.27. The van der Waals surface area contributed by atoms with Gasteiger partial charge in [-0.2, -0.15) is 0 Å². The van der Waals surface area contributed by atoms with Crippen LogP contribution in [0.1, 0.15) is 17.4 Å². The highest BCUT2D eigenvalue weighted by Crippen LogP contribution is 2.38. The van der Waals surface area contributed by atoms with Crippen molar-refractivity contribution < 1.29 is 13.9 Å². The van der Waals surface area contributed by atoms with Gasteiger partial charge in [-0.15, -0.1) is 11.3 Å². The van der Waals surface area contributed by atoms with Gasteiger partial charge in [-0.05, 0) is 18.2 Å². The zero-order valence-electron chi connectivity index (χ0n) is 9.36. The molecule has 1 unspecified atom stereocenters. The Labute approximate surface area is 122 Å². The van der Waals surface area contributed by atoms with Crippen LogP contribution in [0.2, 0.25) is 8.67 Å². The van der Waals surface area contributed by atoms with E-state index in [0.29, 0.717) is 19.6 Å². The van der Waals surface area contributed by atoms with Gasteiger partial charge >= 0.3 is 0 Å². The lowest BCUT2D eigenvalue weighted by molar-refractivity contribution is 0.192. The van der Waals surface area contributed by atoms with Crippen molar-refractivity contribution in [2.24, 2.45) is 0 Å². The van der Waals surface area contributed by atoms with Crippen molar-refractivity contribution >= 4 is 45.5 Å². The molecule has 0 bridgehead atoms. The summed E-state index contributed by atoms with van der Waals surface area (Å²) >= 11 is 13.0. The van der Waals surface area contributed by atoms with Crippen LogP contribution in [-0.2, 0) is 0 Å². The summed E-state index contributed by atoms with van der Waals surface area (Å²) in [5, 5.41) is 10.8. The summed E-state index contributed by atoms with van der Waals surface area (Å²) < 4.78 is 19.7. The highest BCUT2D eigenvalue weighted by Gasteiger charge is 2.21. The number of aliphatic hydroxyl groups excluding tert-OH is 1. The predicted molar refractivity (Wildman–Crippen MR) is 74.6 cm³/mol. The average molecular weight is 317 g/mol. The molecule has 0 fully saturated rings. The molecule has 0 saturated carbocycles. The molecule has 2 nitrogen and oxygen atoms in total.